The molecule has 2 N–H and O–H groups in total. The van der Waals surface area contributed by atoms with E-state index in [0.717, 1.165) is 38.9 Å². The van der Waals surface area contributed by atoms with Crippen LogP contribution in [0.5, 0.6) is 0 Å². The molecule has 5 nitrogen and oxygen atoms in total. The Morgan fingerprint density at radius 3 is 2.62 bits per heavy atom. The minimum absolute atomic E-state index is 0.0384. The van der Waals surface area contributed by atoms with E-state index in [2.05, 4.69) is 33.9 Å². The summed E-state index contributed by atoms with van der Waals surface area (Å²) in [5.41, 5.74) is 6.69. The van der Waals surface area contributed by atoms with Gasteiger partial charge >= 0.3 is 0 Å². The van der Waals surface area contributed by atoms with Crippen LogP contribution in [0.3, 0.4) is 0 Å². The number of thiophene rings is 2. The molecular weight excluding hydrogens is 366 g/mol. The van der Waals surface area contributed by atoms with E-state index >= 15 is 0 Å². The van der Waals surface area contributed by atoms with Crippen molar-refractivity contribution in [3.05, 3.63) is 44.3 Å². The Balaban J connectivity index is 1.48. The highest BCUT2D eigenvalue weighted by Crippen LogP contribution is 2.39. The first kappa shape index (κ1) is 17.7. The second-order valence-corrected chi connectivity index (χ2v) is 8.99. The summed E-state index contributed by atoms with van der Waals surface area (Å²) in [5, 5.41) is 4.21. The molecule has 4 heterocycles. The summed E-state index contributed by atoms with van der Waals surface area (Å²) in [6.45, 7) is 2.72. The Kier molecular flexibility index (Phi) is 5.11. The summed E-state index contributed by atoms with van der Waals surface area (Å²) in [6.07, 6.45) is 2.45. The van der Waals surface area contributed by atoms with E-state index in [9.17, 15) is 9.59 Å². The molecule has 0 radical (unpaired) electrons. The molecule has 138 valence electrons. The van der Waals surface area contributed by atoms with Crippen LogP contribution >= 0.6 is 22.7 Å². The van der Waals surface area contributed by atoms with Gasteiger partial charge in [-0.1, -0.05) is 6.07 Å². The molecule has 2 aromatic rings. The lowest BCUT2D eigenvalue weighted by atomic mass is 9.96. The van der Waals surface area contributed by atoms with E-state index in [1.54, 1.807) is 22.7 Å². The maximum absolute atomic E-state index is 13.1. The Morgan fingerprint density at radius 1 is 1.12 bits per heavy atom. The molecule has 0 aliphatic carbocycles. The lowest BCUT2D eigenvalue weighted by Gasteiger charge is -2.38. The molecule has 2 amide bonds. The molecule has 26 heavy (non-hydrogen) atoms. The van der Waals surface area contributed by atoms with Gasteiger partial charge in [0.2, 0.25) is 11.8 Å². The van der Waals surface area contributed by atoms with Gasteiger partial charge in [0.25, 0.3) is 0 Å². The van der Waals surface area contributed by atoms with E-state index in [1.807, 2.05) is 4.90 Å². The van der Waals surface area contributed by atoms with Crippen LogP contribution in [0, 0.1) is 5.92 Å². The molecule has 2 aliphatic heterocycles. The first-order chi connectivity index (χ1) is 12.6. The van der Waals surface area contributed by atoms with Gasteiger partial charge in [0, 0.05) is 22.2 Å². The van der Waals surface area contributed by atoms with Crippen molar-refractivity contribution >= 4 is 34.5 Å². The van der Waals surface area contributed by atoms with Crippen molar-refractivity contribution in [3.8, 4) is 0 Å². The fourth-order valence-corrected chi connectivity index (χ4v) is 5.75. The van der Waals surface area contributed by atoms with Crippen molar-refractivity contribution in [2.75, 3.05) is 26.2 Å². The van der Waals surface area contributed by atoms with E-state index in [-0.39, 0.29) is 23.8 Å². The topological polar surface area (TPSA) is 66.6 Å². The molecule has 0 saturated carbocycles. The lowest BCUT2D eigenvalue weighted by molar-refractivity contribution is -0.135. The van der Waals surface area contributed by atoms with Gasteiger partial charge in [-0.15, -0.1) is 22.7 Å². The number of fused-ring (bicyclic) bond motifs is 1. The van der Waals surface area contributed by atoms with Crippen molar-refractivity contribution in [2.45, 2.75) is 25.3 Å². The van der Waals surface area contributed by atoms with Crippen LogP contribution in [0.15, 0.2) is 29.0 Å². The quantitative estimate of drug-likeness (QED) is 0.874. The highest BCUT2D eigenvalue weighted by atomic mass is 32.1. The van der Waals surface area contributed by atoms with Crippen molar-refractivity contribution in [2.24, 2.45) is 11.7 Å². The van der Waals surface area contributed by atoms with Gasteiger partial charge in [-0.2, -0.15) is 0 Å². The van der Waals surface area contributed by atoms with Gasteiger partial charge in [0.1, 0.15) is 0 Å². The zero-order chi connectivity index (χ0) is 18.1. The van der Waals surface area contributed by atoms with Gasteiger partial charge in [0.15, 0.2) is 0 Å². The van der Waals surface area contributed by atoms with E-state index in [4.69, 9.17) is 5.73 Å². The molecule has 0 bridgehead atoms. The van der Waals surface area contributed by atoms with Crippen molar-refractivity contribution in [3.63, 3.8) is 0 Å². The van der Waals surface area contributed by atoms with E-state index in [1.165, 1.54) is 15.3 Å². The number of carbonyl (C=O) groups is 2. The molecule has 4 rings (SSSR count). The number of hydrogen-bond acceptors (Lipinski definition) is 5. The summed E-state index contributed by atoms with van der Waals surface area (Å²) < 4.78 is 0. The summed E-state index contributed by atoms with van der Waals surface area (Å²) >= 11 is 3.50. The molecular formula is C19H23N3O2S2. The summed E-state index contributed by atoms with van der Waals surface area (Å²) in [4.78, 5) is 31.3. The number of likely N-dealkylation sites (tertiary alicyclic amines) is 1. The molecule has 2 aliphatic rings. The lowest BCUT2D eigenvalue weighted by Crippen LogP contribution is -2.47. The Labute approximate surface area is 161 Å². The summed E-state index contributed by atoms with van der Waals surface area (Å²) in [7, 11) is 0. The summed E-state index contributed by atoms with van der Waals surface area (Å²) in [5.74, 6) is -0.0731. The zero-order valence-electron chi connectivity index (χ0n) is 14.6. The number of nitrogens with zero attached hydrogens (tertiary/aromatic N) is 2. The van der Waals surface area contributed by atoms with Gasteiger partial charge < -0.3 is 10.6 Å². The van der Waals surface area contributed by atoms with Crippen molar-refractivity contribution in [1.82, 2.24) is 9.80 Å². The van der Waals surface area contributed by atoms with Crippen LogP contribution < -0.4 is 5.73 Å². The number of carbonyl (C=O) groups excluding carboxylic acids is 2. The molecule has 0 aromatic carbocycles. The monoisotopic (exact) mass is 389 g/mol. The number of rotatable bonds is 4. The molecule has 1 unspecified atom stereocenters. The molecule has 1 saturated heterocycles. The number of piperidine rings is 1. The fraction of sp³-hybridized carbons (Fsp3) is 0.474. The summed E-state index contributed by atoms with van der Waals surface area (Å²) in [6, 6.07) is 6.39. The van der Waals surface area contributed by atoms with Crippen LogP contribution in [0.1, 0.15) is 34.2 Å². The second kappa shape index (κ2) is 7.50. The van der Waals surface area contributed by atoms with Gasteiger partial charge in [-0.05, 0) is 60.8 Å². The van der Waals surface area contributed by atoms with E-state index in [0.29, 0.717) is 6.54 Å². The van der Waals surface area contributed by atoms with E-state index < -0.39 is 0 Å². The molecule has 7 heteroatoms. The van der Waals surface area contributed by atoms with Crippen LogP contribution in [0.2, 0.25) is 0 Å². The third kappa shape index (κ3) is 3.43. The van der Waals surface area contributed by atoms with Gasteiger partial charge in [-0.3, -0.25) is 14.5 Å². The molecule has 2 aromatic heterocycles. The fourth-order valence-electron chi connectivity index (χ4n) is 4.00. The SMILES string of the molecule is NC(=O)C1CCN(CC(=O)N2CCc3sccc3C2c2cccs2)CC1. The minimum Gasteiger partial charge on any atom is -0.369 e. The van der Waals surface area contributed by atoms with Gasteiger partial charge in [0.05, 0.1) is 12.6 Å². The van der Waals surface area contributed by atoms with Crippen LogP contribution in [0.4, 0.5) is 0 Å². The van der Waals surface area contributed by atoms with Crippen molar-refractivity contribution in [1.29, 1.82) is 0 Å². The highest BCUT2D eigenvalue weighted by molar-refractivity contribution is 7.10. The number of hydrogen-bond donors (Lipinski definition) is 1. The maximum Gasteiger partial charge on any atom is 0.237 e. The van der Waals surface area contributed by atoms with Crippen LogP contribution in [0.25, 0.3) is 0 Å². The Morgan fingerprint density at radius 2 is 1.92 bits per heavy atom. The first-order valence-corrected chi connectivity index (χ1v) is 10.8. The Bertz CT molecular complexity index is 779. The van der Waals surface area contributed by atoms with Crippen LogP contribution in [-0.2, 0) is 16.0 Å². The minimum atomic E-state index is -0.213. The maximum atomic E-state index is 13.1. The third-order valence-electron chi connectivity index (χ3n) is 5.45. The predicted octanol–water partition coefficient (Wildman–Crippen LogP) is 2.48. The number of primary amides is 1. The smallest absolute Gasteiger partial charge is 0.237 e. The largest absolute Gasteiger partial charge is 0.369 e. The van der Waals surface area contributed by atoms with Crippen LogP contribution in [-0.4, -0.2) is 47.8 Å². The standard InChI is InChI=1S/C19H23N3O2S2/c20-19(24)13-3-7-21(8-4-13)12-17(23)22-9-5-15-14(6-11-26-15)18(22)16-2-1-10-25-16/h1-2,6,10-11,13,18H,3-5,7-9,12H2,(H2,20,24). The molecule has 1 fully saturated rings. The average molecular weight is 390 g/mol. The zero-order valence-corrected chi connectivity index (χ0v) is 16.2. The molecule has 0 spiro atoms. The second-order valence-electron chi connectivity index (χ2n) is 7.01. The normalized spacial score (nSPS) is 21.5. The van der Waals surface area contributed by atoms with Crippen molar-refractivity contribution < 1.29 is 9.59 Å². The number of amides is 2. The average Bonchev–Trinajstić information content (AvgIpc) is 3.32. The third-order valence-corrected chi connectivity index (χ3v) is 7.37. The van der Waals surface area contributed by atoms with Gasteiger partial charge in [-0.25, -0.2) is 0 Å². The molecule has 1 atom stereocenters. The first-order valence-electron chi connectivity index (χ1n) is 9.04. The predicted molar refractivity (Wildman–Crippen MR) is 104 cm³/mol. The Hall–Kier alpha value is -1.70. The number of nitrogens with two attached hydrogens (primary N) is 1. The highest BCUT2D eigenvalue weighted by Gasteiger charge is 2.34.